The molecule has 0 saturated heterocycles. The minimum atomic E-state index is 0.550. The van der Waals surface area contributed by atoms with Crippen molar-refractivity contribution in [2.24, 2.45) is 4.99 Å². The van der Waals surface area contributed by atoms with E-state index < -0.39 is 0 Å². The van der Waals surface area contributed by atoms with Crippen molar-refractivity contribution in [3.8, 4) is 5.75 Å². The van der Waals surface area contributed by atoms with E-state index in [1.165, 1.54) is 16.7 Å². The van der Waals surface area contributed by atoms with Gasteiger partial charge in [0.1, 0.15) is 12.4 Å². The summed E-state index contributed by atoms with van der Waals surface area (Å²) < 4.78 is 6.00. The summed E-state index contributed by atoms with van der Waals surface area (Å²) >= 11 is 0. The van der Waals surface area contributed by atoms with Gasteiger partial charge in [0.2, 0.25) is 0 Å². The van der Waals surface area contributed by atoms with Crippen molar-refractivity contribution >= 4 is 11.9 Å². The molecule has 126 valence electrons. The van der Waals surface area contributed by atoms with Crippen LogP contribution >= 0.6 is 0 Å². The van der Waals surface area contributed by atoms with Crippen molar-refractivity contribution in [1.82, 2.24) is 0 Å². The molecule has 25 heavy (non-hydrogen) atoms. The number of benzene rings is 3. The van der Waals surface area contributed by atoms with Gasteiger partial charge in [0.25, 0.3) is 0 Å². The van der Waals surface area contributed by atoms with Gasteiger partial charge in [-0.1, -0.05) is 48.0 Å². The molecule has 0 aromatic heterocycles. The van der Waals surface area contributed by atoms with Crippen LogP contribution < -0.4 is 4.74 Å². The Hall–Kier alpha value is -2.87. The molecule has 3 aromatic rings. The minimum Gasteiger partial charge on any atom is -0.488 e. The molecule has 0 radical (unpaired) electrons. The van der Waals surface area contributed by atoms with Crippen molar-refractivity contribution in [1.29, 1.82) is 0 Å². The maximum atomic E-state index is 6.00. The molecule has 0 aliphatic rings. The fourth-order valence-corrected chi connectivity index (χ4v) is 2.51. The summed E-state index contributed by atoms with van der Waals surface area (Å²) in [5.41, 5.74) is 6.87. The summed E-state index contributed by atoms with van der Waals surface area (Å²) in [6.45, 7) is 6.85. The van der Waals surface area contributed by atoms with E-state index in [9.17, 15) is 0 Å². The summed E-state index contributed by atoms with van der Waals surface area (Å²) in [4.78, 5) is 4.60. The van der Waals surface area contributed by atoms with Crippen molar-refractivity contribution in [2.45, 2.75) is 27.4 Å². The van der Waals surface area contributed by atoms with Crippen LogP contribution in [-0.2, 0) is 6.61 Å². The van der Waals surface area contributed by atoms with Crippen LogP contribution in [0.3, 0.4) is 0 Å². The van der Waals surface area contributed by atoms with Crippen LogP contribution in [0.15, 0.2) is 71.7 Å². The lowest BCUT2D eigenvalue weighted by molar-refractivity contribution is 0.306. The lowest BCUT2D eigenvalue weighted by Crippen LogP contribution is -1.98. The monoisotopic (exact) mass is 329 g/mol. The molecule has 0 fully saturated rings. The Kier molecular flexibility index (Phi) is 5.30. The Morgan fingerprint density at radius 3 is 2.36 bits per heavy atom. The maximum Gasteiger partial charge on any atom is 0.128 e. The van der Waals surface area contributed by atoms with Crippen LogP contribution in [0.4, 0.5) is 5.69 Å². The molecule has 0 aliphatic carbocycles. The number of hydrogen-bond acceptors (Lipinski definition) is 2. The van der Waals surface area contributed by atoms with Gasteiger partial charge < -0.3 is 4.74 Å². The molecule has 0 heterocycles. The molecule has 0 spiro atoms. The van der Waals surface area contributed by atoms with E-state index in [1.807, 2.05) is 36.5 Å². The van der Waals surface area contributed by atoms with Gasteiger partial charge in [-0.3, -0.25) is 4.99 Å². The standard InChI is InChI=1S/C23H23NO/c1-17-8-11-20(12-9-17)16-25-23-7-5-4-6-21(23)15-24-22-13-10-18(2)19(3)14-22/h4-15H,16H2,1-3H3. The summed E-state index contributed by atoms with van der Waals surface area (Å²) in [5.74, 6) is 0.843. The number of hydrogen-bond donors (Lipinski definition) is 0. The largest absolute Gasteiger partial charge is 0.488 e. The van der Waals surface area contributed by atoms with Gasteiger partial charge in [-0.2, -0.15) is 0 Å². The average Bonchev–Trinajstić information content (AvgIpc) is 2.63. The molecule has 0 amide bonds. The molecule has 0 unspecified atom stereocenters. The van der Waals surface area contributed by atoms with E-state index in [0.717, 1.165) is 22.6 Å². The molecule has 0 bridgehead atoms. The first kappa shape index (κ1) is 17.0. The smallest absolute Gasteiger partial charge is 0.128 e. The highest BCUT2D eigenvalue weighted by Gasteiger charge is 2.02. The molecule has 3 rings (SSSR count). The van der Waals surface area contributed by atoms with E-state index in [4.69, 9.17) is 4.74 Å². The van der Waals surface area contributed by atoms with Crippen LogP contribution in [0.1, 0.15) is 27.8 Å². The summed E-state index contributed by atoms with van der Waals surface area (Å²) in [6, 6.07) is 22.6. The lowest BCUT2D eigenvalue weighted by Gasteiger charge is -2.09. The van der Waals surface area contributed by atoms with E-state index in [-0.39, 0.29) is 0 Å². The summed E-state index contributed by atoms with van der Waals surface area (Å²) in [7, 11) is 0. The second kappa shape index (κ2) is 7.80. The highest BCUT2D eigenvalue weighted by Crippen LogP contribution is 2.21. The van der Waals surface area contributed by atoms with Crippen molar-refractivity contribution in [2.75, 3.05) is 0 Å². The second-order valence-electron chi connectivity index (χ2n) is 6.34. The first-order chi connectivity index (χ1) is 12.1. The predicted molar refractivity (Wildman–Crippen MR) is 105 cm³/mol. The van der Waals surface area contributed by atoms with E-state index >= 15 is 0 Å². The first-order valence-electron chi connectivity index (χ1n) is 8.50. The van der Waals surface area contributed by atoms with Crippen LogP contribution in [-0.4, -0.2) is 6.21 Å². The summed E-state index contributed by atoms with van der Waals surface area (Å²) in [5, 5.41) is 0. The van der Waals surface area contributed by atoms with Crippen molar-refractivity contribution in [3.05, 3.63) is 94.5 Å². The zero-order valence-corrected chi connectivity index (χ0v) is 15.0. The summed E-state index contributed by atoms with van der Waals surface area (Å²) in [6.07, 6.45) is 1.87. The molecular weight excluding hydrogens is 306 g/mol. The minimum absolute atomic E-state index is 0.550. The fraction of sp³-hybridized carbons (Fsp3) is 0.174. The number of aryl methyl sites for hydroxylation is 3. The number of rotatable bonds is 5. The molecular formula is C23H23NO. The molecule has 0 aliphatic heterocycles. The van der Waals surface area contributed by atoms with Crippen LogP contribution in [0.5, 0.6) is 5.75 Å². The quantitative estimate of drug-likeness (QED) is 0.531. The molecule has 2 nitrogen and oxygen atoms in total. The zero-order chi connectivity index (χ0) is 17.6. The average molecular weight is 329 g/mol. The SMILES string of the molecule is Cc1ccc(COc2ccccc2C=Nc2ccc(C)c(C)c2)cc1. The molecule has 0 N–H and O–H groups in total. The van der Waals surface area contributed by atoms with Crippen LogP contribution in [0.2, 0.25) is 0 Å². The maximum absolute atomic E-state index is 6.00. The van der Waals surface area contributed by atoms with E-state index in [0.29, 0.717) is 6.61 Å². The van der Waals surface area contributed by atoms with Gasteiger partial charge in [-0.05, 0) is 61.7 Å². The van der Waals surface area contributed by atoms with Gasteiger partial charge in [0.15, 0.2) is 0 Å². The molecule has 0 atom stereocenters. The second-order valence-corrected chi connectivity index (χ2v) is 6.34. The van der Waals surface area contributed by atoms with Crippen molar-refractivity contribution < 1.29 is 4.74 Å². The Bertz CT molecular complexity index is 879. The topological polar surface area (TPSA) is 21.6 Å². The van der Waals surface area contributed by atoms with E-state index in [2.05, 4.69) is 62.2 Å². The Morgan fingerprint density at radius 1 is 0.840 bits per heavy atom. The molecule has 3 aromatic carbocycles. The number of nitrogens with zero attached hydrogens (tertiary/aromatic N) is 1. The van der Waals surface area contributed by atoms with Crippen LogP contribution in [0, 0.1) is 20.8 Å². The van der Waals surface area contributed by atoms with Gasteiger partial charge >= 0.3 is 0 Å². The Balaban J connectivity index is 1.74. The first-order valence-corrected chi connectivity index (χ1v) is 8.50. The van der Waals surface area contributed by atoms with Gasteiger partial charge in [0.05, 0.1) is 5.69 Å². The predicted octanol–water partition coefficient (Wildman–Crippen LogP) is 5.94. The number of ether oxygens (including phenoxy) is 1. The van der Waals surface area contributed by atoms with Crippen LogP contribution in [0.25, 0.3) is 0 Å². The lowest BCUT2D eigenvalue weighted by atomic mass is 10.1. The number of para-hydroxylation sites is 1. The van der Waals surface area contributed by atoms with Gasteiger partial charge in [0, 0.05) is 11.8 Å². The third-order valence-electron chi connectivity index (χ3n) is 4.28. The highest BCUT2D eigenvalue weighted by atomic mass is 16.5. The Labute approximate surface area is 149 Å². The fourth-order valence-electron chi connectivity index (χ4n) is 2.51. The third-order valence-corrected chi connectivity index (χ3v) is 4.28. The van der Waals surface area contributed by atoms with E-state index in [1.54, 1.807) is 0 Å². The normalized spacial score (nSPS) is 11.0. The van der Waals surface area contributed by atoms with Gasteiger partial charge in [-0.25, -0.2) is 0 Å². The number of aliphatic imine (C=N–C) groups is 1. The highest BCUT2D eigenvalue weighted by molar-refractivity contribution is 5.85. The van der Waals surface area contributed by atoms with Crippen molar-refractivity contribution in [3.63, 3.8) is 0 Å². The van der Waals surface area contributed by atoms with Gasteiger partial charge in [-0.15, -0.1) is 0 Å². The third kappa shape index (κ3) is 4.57. The Morgan fingerprint density at radius 2 is 1.60 bits per heavy atom. The zero-order valence-electron chi connectivity index (χ0n) is 15.0. The molecule has 0 saturated carbocycles. The molecule has 2 heteroatoms.